The van der Waals surface area contributed by atoms with Crippen molar-refractivity contribution in [2.75, 3.05) is 30.3 Å². The van der Waals surface area contributed by atoms with E-state index in [1.165, 1.54) is 0 Å². The van der Waals surface area contributed by atoms with E-state index in [0.29, 0.717) is 6.42 Å². The Morgan fingerprint density at radius 3 is 2.85 bits per heavy atom. The zero-order chi connectivity index (χ0) is 14.3. The van der Waals surface area contributed by atoms with Crippen molar-refractivity contribution in [1.82, 2.24) is 4.90 Å². The molecule has 3 N–H and O–H groups in total. The number of carboxylic acid groups (broad SMARTS) is 1. The summed E-state index contributed by atoms with van der Waals surface area (Å²) in [6.07, 6.45) is 1.54. The monoisotopic (exact) mass is 275 g/mol. The van der Waals surface area contributed by atoms with Crippen molar-refractivity contribution in [2.24, 2.45) is 0 Å². The molecule has 1 aromatic rings. The molecule has 0 saturated carbocycles. The highest BCUT2D eigenvalue weighted by Gasteiger charge is 2.35. The molecule has 6 heteroatoms. The second kappa shape index (κ2) is 4.70. The number of hydrogen-bond acceptors (Lipinski definition) is 4. The van der Waals surface area contributed by atoms with E-state index >= 15 is 0 Å². The molecule has 2 aliphatic heterocycles. The normalized spacial score (nSPS) is 22.0. The second-order valence-corrected chi connectivity index (χ2v) is 5.30. The number of rotatable bonds is 2. The molecule has 2 saturated heterocycles. The molecule has 0 radical (unpaired) electrons. The summed E-state index contributed by atoms with van der Waals surface area (Å²) in [6, 6.07) is 5.30. The maximum atomic E-state index is 11.6. The van der Waals surface area contributed by atoms with E-state index in [1.54, 1.807) is 18.2 Å². The van der Waals surface area contributed by atoms with Crippen LogP contribution in [0.5, 0.6) is 0 Å². The van der Waals surface area contributed by atoms with Crippen molar-refractivity contribution < 1.29 is 14.7 Å². The Hall–Kier alpha value is -2.24. The highest BCUT2D eigenvalue weighted by molar-refractivity contribution is 5.94. The third-order valence-electron chi connectivity index (χ3n) is 4.13. The molecule has 6 nitrogen and oxygen atoms in total. The summed E-state index contributed by atoms with van der Waals surface area (Å²) in [6.45, 7) is 2.27. The largest absolute Gasteiger partial charge is 0.478 e. The number of aromatic carboxylic acids is 1. The Balaban J connectivity index is 1.79. The van der Waals surface area contributed by atoms with Gasteiger partial charge in [0.15, 0.2) is 0 Å². The lowest BCUT2D eigenvalue weighted by atomic mass is 10.1. The maximum Gasteiger partial charge on any atom is 0.337 e. The molecule has 0 bridgehead atoms. The van der Waals surface area contributed by atoms with Gasteiger partial charge in [-0.1, -0.05) is 0 Å². The number of nitrogens with zero attached hydrogens (tertiary/aromatic N) is 2. The molecule has 20 heavy (non-hydrogen) atoms. The number of nitrogen functional groups attached to an aromatic ring is 1. The maximum absolute atomic E-state index is 11.6. The second-order valence-electron chi connectivity index (χ2n) is 5.30. The van der Waals surface area contributed by atoms with Crippen molar-refractivity contribution in [3.63, 3.8) is 0 Å². The molecule has 0 aromatic heterocycles. The Kier molecular flexibility index (Phi) is 3.00. The molecule has 0 spiro atoms. The lowest BCUT2D eigenvalue weighted by Gasteiger charge is -2.39. The minimum Gasteiger partial charge on any atom is -0.478 e. The summed E-state index contributed by atoms with van der Waals surface area (Å²) in [5.41, 5.74) is 7.11. The Morgan fingerprint density at radius 2 is 2.15 bits per heavy atom. The number of nitrogens with two attached hydrogens (primary N) is 1. The van der Waals surface area contributed by atoms with E-state index in [2.05, 4.69) is 4.90 Å². The number of carbonyl (C=O) groups is 2. The third-order valence-corrected chi connectivity index (χ3v) is 4.13. The fourth-order valence-corrected chi connectivity index (χ4v) is 3.04. The van der Waals surface area contributed by atoms with Gasteiger partial charge in [-0.2, -0.15) is 0 Å². The molecule has 106 valence electrons. The van der Waals surface area contributed by atoms with Gasteiger partial charge in [-0.05, 0) is 24.6 Å². The van der Waals surface area contributed by atoms with E-state index in [0.717, 1.165) is 31.7 Å². The molecule has 2 fully saturated rings. The first-order valence-corrected chi connectivity index (χ1v) is 6.73. The molecule has 1 unspecified atom stereocenters. The van der Waals surface area contributed by atoms with Crippen molar-refractivity contribution >= 4 is 23.3 Å². The van der Waals surface area contributed by atoms with E-state index in [4.69, 9.17) is 10.8 Å². The van der Waals surface area contributed by atoms with Crippen LogP contribution in [0, 0.1) is 0 Å². The Morgan fingerprint density at radius 1 is 1.35 bits per heavy atom. The summed E-state index contributed by atoms with van der Waals surface area (Å²) >= 11 is 0. The quantitative estimate of drug-likeness (QED) is 0.779. The van der Waals surface area contributed by atoms with Gasteiger partial charge in [0.1, 0.15) is 0 Å². The summed E-state index contributed by atoms with van der Waals surface area (Å²) in [5, 5.41) is 8.98. The lowest BCUT2D eigenvalue weighted by molar-refractivity contribution is -0.129. The molecule has 1 atom stereocenters. The smallest absolute Gasteiger partial charge is 0.337 e. The van der Waals surface area contributed by atoms with Gasteiger partial charge in [0, 0.05) is 43.5 Å². The van der Waals surface area contributed by atoms with Crippen LogP contribution >= 0.6 is 0 Å². The van der Waals surface area contributed by atoms with Gasteiger partial charge in [0.25, 0.3) is 0 Å². The van der Waals surface area contributed by atoms with E-state index < -0.39 is 5.97 Å². The number of benzene rings is 1. The van der Waals surface area contributed by atoms with Crippen LogP contribution in [0.25, 0.3) is 0 Å². The van der Waals surface area contributed by atoms with Crippen LogP contribution < -0.4 is 10.6 Å². The number of anilines is 2. The average molecular weight is 275 g/mol. The SMILES string of the molecule is Nc1cc(N2CCN3C(=O)CCC3C2)ccc1C(=O)O. The van der Waals surface area contributed by atoms with Gasteiger partial charge in [-0.15, -0.1) is 0 Å². The summed E-state index contributed by atoms with van der Waals surface area (Å²) in [7, 11) is 0. The first-order valence-electron chi connectivity index (χ1n) is 6.73. The topological polar surface area (TPSA) is 86.9 Å². The molecule has 0 aliphatic carbocycles. The average Bonchev–Trinajstić information content (AvgIpc) is 2.79. The van der Waals surface area contributed by atoms with E-state index in [1.807, 2.05) is 4.90 Å². The highest BCUT2D eigenvalue weighted by Crippen LogP contribution is 2.28. The number of carbonyl (C=O) groups excluding carboxylic acids is 1. The number of fused-ring (bicyclic) bond motifs is 1. The van der Waals surface area contributed by atoms with Crippen molar-refractivity contribution in [2.45, 2.75) is 18.9 Å². The number of carboxylic acids is 1. The zero-order valence-corrected chi connectivity index (χ0v) is 11.1. The van der Waals surface area contributed by atoms with Crippen LogP contribution in [0.4, 0.5) is 11.4 Å². The molecule has 1 aromatic carbocycles. The van der Waals surface area contributed by atoms with E-state index in [-0.39, 0.29) is 23.2 Å². The number of amides is 1. The van der Waals surface area contributed by atoms with Crippen LogP contribution in [0.2, 0.25) is 0 Å². The van der Waals surface area contributed by atoms with E-state index in [9.17, 15) is 9.59 Å². The lowest BCUT2D eigenvalue weighted by Crippen LogP contribution is -2.51. The van der Waals surface area contributed by atoms with Gasteiger partial charge in [-0.25, -0.2) is 4.79 Å². The van der Waals surface area contributed by atoms with Crippen molar-refractivity contribution in [3.05, 3.63) is 23.8 Å². The third kappa shape index (κ3) is 2.07. The van der Waals surface area contributed by atoms with Crippen molar-refractivity contribution in [1.29, 1.82) is 0 Å². The summed E-state index contributed by atoms with van der Waals surface area (Å²) in [5.74, 6) is -0.768. The molecular weight excluding hydrogens is 258 g/mol. The first-order chi connectivity index (χ1) is 9.56. The number of piperazine rings is 1. The predicted octanol–water partition coefficient (Wildman–Crippen LogP) is 0.778. The first kappa shape index (κ1) is 12.8. The molecule has 2 heterocycles. The van der Waals surface area contributed by atoms with Gasteiger partial charge < -0.3 is 20.6 Å². The van der Waals surface area contributed by atoms with Crippen LogP contribution in [0.15, 0.2) is 18.2 Å². The zero-order valence-electron chi connectivity index (χ0n) is 11.1. The van der Waals surface area contributed by atoms with Crippen LogP contribution in [-0.2, 0) is 4.79 Å². The van der Waals surface area contributed by atoms with Gasteiger partial charge in [0.2, 0.25) is 5.91 Å². The minimum absolute atomic E-state index is 0.128. The standard InChI is InChI=1S/C14H17N3O3/c15-12-7-9(1-3-11(12)14(19)20)16-5-6-17-10(8-16)2-4-13(17)18/h1,3,7,10H,2,4-6,8,15H2,(H,19,20). The van der Waals surface area contributed by atoms with Crippen LogP contribution in [-0.4, -0.2) is 47.6 Å². The predicted molar refractivity (Wildman–Crippen MR) is 74.8 cm³/mol. The molecular formula is C14H17N3O3. The Labute approximate surface area is 116 Å². The van der Waals surface area contributed by atoms with Gasteiger partial charge >= 0.3 is 5.97 Å². The molecule has 1 amide bonds. The molecule has 2 aliphatic rings. The molecule has 3 rings (SSSR count). The fourth-order valence-electron chi connectivity index (χ4n) is 3.04. The minimum atomic E-state index is -1.01. The summed E-state index contributed by atoms with van der Waals surface area (Å²) in [4.78, 5) is 26.7. The highest BCUT2D eigenvalue weighted by atomic mass is 16.4. The number of hydrogen-bond donors (Lipinski definition) is 2. The van der Waals surface area contributed by atoms with Crippen LogP contribution in [0.1, 0.15) is 23.2 Å². The van der Waals surface area contributed by atoms with Gasteiger partial charge in [0.05, 0.1) is 5.56 Å². The van der Waals surface area contributed by atoms with Crippen LogP contribution in [0.3, 0.4) is 0 Å². The Bertz CT molecular complexity index is 573. The summed E-state index contributed by atoms with van der Waals surface area (Å²) < 4.78 is 0. The fraction of sp³-hybridized carbons (Fsp3) is 0.429. The van der Waals surface area contributed by atoms with Crippen molar-refractivity contribution in [3.8, 4) is 0 Å². The van der Waals surface area contributed by atoms with Gasteiger partial charge in [-0.3, -0.25) is 4.79 Å².